The largest absolute Gasteiger partial charge is 0.496 e. The van der Waals surface area contributed by atoms with Gasteiger partial charge in [-0.3, -0.25) is 0 Å². The normalized spacial score (nSPS) is 16.9. The zero-order valence-electron chi connectivity index (χ0n) is 10.9. The van der Waals surface area contributed by atoms with Gasteiger partial charge in [0.05, 0.1) is 11.6 Å². The molecule has 2 nitrogen and oxygen atoms in total. The molecule has 1 N–H and O–H groups in total. The highest BCUT2D eigenvalue weighted by Crippen LogP contribution is 2.33. The van der Waals surface area contributed by atoms with Gasteiger partial charge in [-0.1, -0.05) is 0 Å². The summed E-state index contributed by atoms with van der Waals surface area (Å²) in [5, 5.41) is 3.36. The lowest BCUT2D eigenvalue weighted by Crippen LogP contribution is -2.28. The maximum atomic E-state index is 13.8. The second-order valence-electron chi connectivity index (χ2n) is 4.89. The smallest absolute Gasteiger partial charge is 0.143 e. The average Bonchev–Trinajstić information content (AvgIpc) is 2.38. The van der Waals surface area contributed by atoms with E-state index < -0.39 is 0 Å². The molecule has 1 heterocycles. The first-order chi connectivity index (χ1) is 8.63. The summed E-state index contributed by atoms with van der Waals surface area (Å²) in [4.78, 5) is 0. The van der Waals surface area contributed by atoms with Crippen molar-refractivity contribution >= 4 is 15.9 Å². The van der Waals surface area contributed by atoms with E-state index in [2.05, 4.69) is 21.2 Å². The predicted molar refractivity (Wildman–Crippen MR) is 74.7 cm³/mol. The molecule has 0 aliphatic carbocycles. The number of halogens is 2. The van der Waals surface area contributed by atoms with E-state index in [9.17, 15) is 4.39 Å². The number of ether oxygens (including phenoxy) is 1. The Morgan fingerprint density at radius 2 is 2.11 bits per heavy atom. The summed E-state index contributed by atoms with van der Waals surface area (Å²) < 4.78 is 19.7. The molecule has 1 aromatic carbocycles. The Morgan fingerprint density at radius 3 is 2.72 bits per heavy atom. The number of hydrogen-bond acceptors (Lipinski definition) is 2. The van der Waals surface area contributed by atoms with Crippen molar-refractivity contribution in [3.05, 3.63) is 27.5 Å². The Bertz CT molecular complexity index is 430. The van der Waals surface area contributed by atoms with Gasteiger partial charge in [-0.2, -0.15) is 0 Å². The molecule has 1 saturated heterocycles. The molecule has 1 aliphatic heterocycles. The summed E-state index contributed by atoms with van der Waals surface area (Å²) in [5.74, 6) is 1.15. The molecular weight excluding hydrogens is 297 g/mol. The van der Waals surface area contributed by atoms with Gasteiger partial charge >= 0.3 is 0 Å². The van der Waals surface area contributed by atoms with Crippen molar-refractivity contribution in [1.82, 2.24) is 5.32 Å². The van der Waals surface area contributed by atoms with Gasteiger partial charge in [0.15, 0.2) is 0 Å². The number of methoxy groups -OCH3 is 1. The van der Waals surface area contributed by atoms with Crippen LogP contribution in [0.3, 0.4) is 0 Å². The second-order valence-corrected chi connectivity index (χ2v) is 5.74. The molecule has 18 heavy (non-hydrogen) atoms. The van der Waals surface area contributed by atoms with Crippen molar-refractivity contribution in [1.29, 1.82) is 0 Å². The highest BCUT2D eigenvalue weighted by atomic mass is 79.9. The second kappa shape index (κ2) is 6.02. The molecule has 0 unspecified atom stereocenters. The highest BCUT2D eigenvalue weighted by Gasteiger charge is 2.19. The summed E-state index contributed by atoms with van der Waals surface area (Å²) in [6.45, 7) is 3.92. The van der Waals surface area contributed by atoms with Crippen molar-refractivity contribution in [3.63, 3.8) is 0 Å². The van der Waals surface area contributed by atoms with Crippen LogP contribution in [0.2, 0.25) is 0 Å². The summed E-state index contributed by atoms with van der Waals surface area (Å²) in [7, 11) is 1.61. The molecule has 0 aromatic heterocycles. The van der Waals surface area contributed by atoms with Crippen LogP contribution < -0.4 is 10.1 Å². The minimum atomic E-state index is -0.221. The van der Waals surface area contributed by atoms with Crippen molar-refractivity contribution in [2.45, 2.75) is 26.2 Å². The van der Waals surface area contributed by atoms with E-state index in [0.717, 1.165) is 25.1 Å². The molecule has 1 aromatic rings. The fourth-order valence-electron chi connectivity index (χ4n) is 2.63. The fraction of sp³-hybridized carbons (Fsp3) is 0.571. The zero-order chi connectivity index (χ0) is 13.1. The maximum Gasteiger partial charge on any atom is 0.143 e. The first-order valence-corrected chi connectivity index (χ1v) is 7.15. The van der Waals surface area contributed by atoms with Gasteiger partial charge in [-0.05, 0) is 72.8 Å². The molecule has 0 saturated carbocycles. The van der Waals surface area contributed by atoms with Crippen molar-refractivity contribution in [2.24, 2.45) is 5.92 Å². The number of rotatable bonds is 3. The third-order valence-corrected chi connectivity index (χ3v) is 4.22. The van der Waals surface area contributed by atoms with Crippen LogP contribution in [-0.2, 0) is 6.42 Å². The molecule has 4 heteroatoms. The van der Waals surface area contributed by atoms with Crippen LogP contribution in [0.25, 0.3) is 0 Å². The van der Waals surface area contributed by atoms with Crippen LogP contribution in [-0.4, -0.2) is 20.2 Å². The van der Waals surface area contributed by atoms with E-state index in [1.807, 2.05) is 6.07 Å². The molecule has 1 fully saturated rings. The number of piperidine rings is 1. The standard InChI is InChI=1S/C14H19BrFNO/c1-9-13(16)12(15)8-11(14(9)18-2)7-10-3-5-17-6-4-10/h8,10,17H,3-7H2,1-2H3. The third-order valence-electron chi connectivity index (χ3n) is 3.64. The lowest BCUT2D eigenvalue weighted by atomic mass is 9.90. The van der Waals surface area contributed by atoms with E-state index in [1.54, 1.807) is 14.0 Å². The van der Waals surface area contributed by atoms with Gasteiger partial charge in [0.2, 0.25) is 0 Å². The molecule has 0 amide bonds. The summed E-state index contributed by atoms with van der Waals surface area (Å²) >= 11 is 3.28. The molecule has 0 atom stereocenters. The third kappa shape index (κ3) is 2.86. The summed E-state index contributed by atoms with van der Waals surface area (Å²) in [6.07, 6.45) is 3.32. The van der Waals surface area contributed by atoms with Crippen LogP contribution in [0, 0.1) is 18.7 Å². The Morgan fingerprint density at radius 1 is 1.44 bits per heavy atom. The summed E-state index contributed by atoms with van der Waals surface area (Å²) in [5.41, 5.74) is 1.70. The molecular formula is C14H19BrFNO. The van der Waals surface area contributed by atoms with Gasteiger partial charge in [-0.25, -0.2) is 4.39 Å². The van der Waals surface area contributed by atoms with Crippen LogP contribution in [0.4, 0.5) is 4.39 Å². The van der Waals surface area contributed by atoms with Gasteiger partial charge < -0.3 is 10.1 Å². The van der Waals surface area contributed by atoms with Gasteiger partial charge in [0, 0.05) is 5.56 Å². The Balaban J connectivity index is 2.25. The Kier molecular flexibility index (Phi) is 4.62. The van der Waals surface area contributed by atoms with Crippen molar-refractivity contribution in [3.8, 4) is 5.75 Å². The Labute approximate surface area is 116 Å². The Hall–Kier alpha value is -0.610. The lowest BCUT2D eigenvalue weighted by molar-refractivity contribution is 0.359. The van der Waals surface area contributed by atoms with Gasteiger partial charge in [-0.15, -0.1) is 0 Å². The van der Waals surface area contributed by atoms with Gasteiger partial charge in [0.25, 0.3) is 0 Å². The first-order valence-electron chi connectivity index (χ1n) is 6.35. The van der Waals surface area contributed by atoms with Crippen LogP contribution in [0.1, 0.15) is 24.0 Å². The molecule has 0 bridgehead atoms. The molecule has 2 rings (SSSR count). The lowest BCUT2D eigenvalue weighted by Gasteiger charge is -2.24. The van der Waals surface area contributed by atoms with Crippen LogP contribution >= 0.6 is 15.9 Å². The predicted octanol–water partition coefficient (Wildman–Crippen LogP) is 3.45. The SMILES string of the molecule is COc1c(CC2CCNCC2)cc(Br)c(F)c1C. The average molecular weight is 316 g/mol. The maximum absolute atomic E-state index is 13.8. The fourth-order valence-corrected chi connectivity index (χ4v) is 3.21. The number of nitrogens with one attached hydrogen (secondary N) is 1. The number of hydrogen-bond donors (Lipinski definition) is 1. The monoisotopic (exact) mass is 315 g/mol. The van der Waals surface area contributed by atoms with Crippen LogP contribution in [0.15, 0.2) is 10.5 Å². The number of benzene rings is 1. The summed E-state index contributed by atoms with van der Waals surface area (Å²) in [6, 6.07) is 1.86. The van der Waals surface area contributed by atoms with Crippen molar-refractivity contribution < 1.29 is 9.13 Å². The highest BCUT2D eigenvalue weighted by molar-refractivity contribution is 9.10. The molecule has 0 radical (unpaired) electrons. The minimum Gasteiger partial charge on any atom is -0.496 e. The first kappa shape index (κ1) is 13.8. The van der Waals surface area contributed by atoms with E-state index >= 15 is 0 Å². The van der Waals surface area contributed by atoms with E-state index in [0.29, 0.717) is 21.7 Å². The topological polar surface area (TPSA) is 21.3 Å². The van der Waals surface area contributed by atoms with E-state index in [4.69, 9.17) is 4.74 Å². The van der Waals surface area contributed by atoms with Crippen LogP contribution in [0.5, 0.6) is 5.75 Å². The van der Waals surface area contributed by atoms with Gasteiger partial charge in [0.1, 0.15) is 11.6 Å². The molecule has 100 valence electrons. The quantitative estimate of drug-likeness (QED) is 0.922. The van der Waals surface area contributed by atoms with E-state index in [1.165, 1.54) is 12.8 Å². The van der Waals surface area contributed by atoms with Crippen molar-refractivity contribution in [2.75, 3.05) is 20.2 Å². The minimum absolute atomic E-state index is 0.221. The molecule has 0 spiro atoms. The van der Waals surface area contributed by atoms with E-state index in [-0.39, 0.29) is 5.82 Å². The molecule has 1 aliphatic rings. The zero-order valence-corrected chi connectivity index (χ0v) is 12.4.